The van der Waals surface area contributed by atoms with Crippen molar-refractivity contribution in [2.45, 2.75) is 64.6 Å². The zero-order chi connectivity index (χ0) is 23.9. The predicted molar refractivity (Wildman–Crippen MR) is 138 cm³/mol. The third kappa shape index (κ3) is 4.33. The lowest BCUT2D eigenvalue weighted by molar-refractivity contribution is 0.0800. The van der Waals surface area contributed by atoms with Gasteiger partial charge in [-0.15, -0.1) is 0 Å². The van der Waals surface area contributed by atoms with Crippen LogP contribution in [-0.2, 0) is 24.9 Å². The summed E-state index contributed by atoms with van der Waals surface area (Å²) in [5.41, 5.74) is 9.07. The van der Waals surface area contributed by atoms with E-state index in [2.05, 4.69) is 52.7 Å². The lowest BCUT2D eigenvalue weighted by atomic mass is 9.94. The van der Waals surface area contributed by atoms with E-state index in [0.29, 0.717) is 0 Å². The van der Waals surface area contributed by atoms with Crippen molar-refractivity contribution in [3.05, 3.63) is 88.4 Å². The Labute approximate surface area is 200 Å². The van der Waals surface area contributed by atoms with Crippen molar-refractivity contribution >= 4 is 22.3 Å². The highest BCUT2D eigenvalue weighted by Gasteiger charge is 2.24. The molecule has 34 heavy (non-hydrogen) atoms. The molecule has 5 heteroatoms. The quantitative estimate of drug-likeness (QED) is 0.276. The maximum atomic E-state index is 10.5. The average Bonchev–Trinajstić information content (AvgIpc) is 3.39. The summed E-state index contributed by atoms with van der Waals surface area (Å²) in [6, 6.07) is 14.7. The fourth-order valence-corrected chi connectivity index (χ4v) is 5.20. The van der Waals surface area contributed by atoms with Crippen molar-refractivity contribution in [2.24, 2.45) is 0 Å². The molecule has 1 aliphatic rings. The number of hydrogen-bond acceptors (Lipinski definition) is 4. The van der Waals surface area contributed by atoms with E-state index in [4.69, 9.17) is 0 Å². The van der Waals surface area contributed by atoms with Crippen LogP contribution >= 0.6 is 0 Å². The van der Waals surface area contributed by atoms with E-state index in [1.165, 1.54) is 22.1 Å². The second-order valence-corrected chi connectivity index (χ2v) is 10.00. The van der Waals surface area contributed by atoms with E-state index in [0.717, 1.165) is 65.8 Å². The SMILES string of the molecule is Cc1cc(Nc2ccnc3c2CC[C@H]3O)ccc1CCCc1c[nH]c2c(C(C)(C)O)cccc12. The maximum absolute atomic E-state index is 10.5. The maximum Gasteiger partial charge on any atom is 0.0966 e. The first-order chi connectivity index (χ1) is 16.3. The molecule has 2 aromatic heterocycles. The van der Waals surface area contributed by atoms with Crippen molar-refractivity contribution in [3.63, 3.8) is 0 Å². The van der Waals surface area contributed by atoms with Crippen LogP contribution in [0.5, 0.6) is 0 Å². The minimum atomic E-state index is -0.870. The number of aryl methyl sites for hydroxylation is 3. The number of hydrogen-bond donors (Lipinski definition) is 4. The van der Waals surface area contributed by atoms with E-state index in [1.807, 2.05) is 32.0 Å². The lowest BCUT2D eigenvalue weighted by Gasteiger charge is -2.18. The molecule has 0 saturated carbocycles. The summed E-state index contributed by atoms with van der Waals surface area (Å²) >= 11 is 0. The molecule has 0 spiro atoms. The summed E-state index contributed by atoms with van der Waals surface area (Å²) in [4.78, 5) is 7.75. The van der Waals surface area contributed by atoms with Crippen LogP contribution in [0.1, 0.15) is 66.3 Å². The topological polar surface area (TPSA) is 81.2 Å². The van der Waals surface area contributed by atoms with Crippen molar-refractivity contribution in [1.82, 2.24) is 9.97 Å². The number of fused-ring (bicyclic) bond motifs is 2. The van der Waals surface area contributed by atoms with Crippen molar-refractivity contribution < 1.29 is 10.2 Å². The van der Waals surface area contributed by atoms with Crippen molar-refractivity contribution in [3.8, 4) is 0 Å². The standard InChI is InChI=1S/C29H33N3O2/c1-18-16-21(32-25-14-15-30-28-23(25)12-13-26(28)33)11-10-19(18)6-4-7-20-17-31-27-22(20)8-5-9-24(27)29(2,3)34/h5,8-11,14-17,26,31,33-34H,4,6-7,12-13H2,1-3H3,(H,30,32)/t26-/m1/s1. The molecule has 0 saturated heterocycles. The normalized spacial score (nSPS) is 15.6. The van der Waals surface area contributed by atoms with Gasteiger partial charge in [0.1, 0.15) is 0 Å². The van der Waals surface area contributed by atoms with Gasteiger partial charge in [-0.05, 0) is 93.3 Å². The molecule has 4 aromatic rings. The molecule has 0 radical (unpaired) electrons. The van der Waals surface area contributed by atoms with E-state index >= 15 is 0 Å². The molecule has 0 fully saturated rings. The average molecular weight is 456 g/mol. The first-order valence-electron chi connectivity index (χ1n) is 12.2. The summed E-state index contributed by atoms with van der Waals surface area (Å²) < 4.78 is 0. The van der Waals surface area contributed by atoms with Gasteiger partial charge in [0.15, 0.2) is 0 Å². The first-order valence-corrected chi connectivity index (χ1v) is 12.2. The van der Waals surface area contributed by atoms with Crippen molar-refractivity contribution in [2.75, 3.05) is 5.32 Å². The second kappa shape index (κ2) is 8.90. The number of aliphatic hydroxyl groups is 2. The number of anilines is 2. The molecule has 0 unspecified atom stereocenters. The Morgan fingerprint density at radius 1 is 1.12 bits per heavy atom. The summed E-state index contributed by atoms with van der Waals surface area (Å²) in [6.45, 7) is 5.83. The molecule has 0 amide bonds. The molecule has 5 rings (SSSR count). The fourth-order valence-electron chi connectivity index (χ4n) is 5.20. The van der Waals surface area contributed by atoms with Gasteiger partial charge in [0, 0.05) is 34.7 Å². The zero-order valence-corrected chi connectivity index (χ0v) is 20.2. The Hall–Kier alpha value is -3.15. The minimum absolute atomic E-state index is 0.445. The third-order valence-electron chi connectivity index (χ3n) is 7.05. The van der Waals surface area contributed by atoms with Gasteiger partial charge < -0.3 is 20.5 Å². The van der Waals surface area contributed by atoms with Gasteiger partial charge >= 0.3 is 0 Å². The van der Waals surface area contributed by atoms with Gasteiger partial charge in [0.05, 0.1) is 22.9 Å². The summed E-state index contributed by atoms with van der Waals surface area (Å²) in [6.07, 6.45) is 8.07. The molecular formula is C29H33N3O2. The highest BCUT2D eigenvalue weighted by atomic mass is 16.3. The van der Waals surface area contributed by atoms with Crippen LogP contribution in [0.4, 0.5) is 11.4 Å². The number of H-pyrrole nitrogens is 1. The predicted octanol–water partition coefficient (Wildman–Crippen LogP) is 6.00. The highest BCUT2D eigenvalue weighted by Crippen LogP contribution is 2.35. The Balaban J connectivity index is 1.26. The Kier molecular flexibility index (Phi) is 5.92. The van der Waals surface area contributed by atoms with Gasteiger partial charge in [0.25, 0.3) is 0 Å². The van der Waals surface area contributed by atoms with E-state index < -0.39 is 11.7 Å². The highest BCUT2D eigenvalue weighted by molar-refractivity contribution is 5.86. The van der Waals surface area contributed by atoms with Crippen LogP contribution in [0.15, 0.2) is 54.9 Å². The Morgan fingerprint density at radius 3 is 2.74 bits per heavy atom. The Morgan fingerprint density at radius 2 is 1.94 bits per heavy atom. The molecular weight excluding hydrogens is 422 g/mol. The van der Waals surface area contributed by atoms with Crippen LogP contribution in [-0.4, -0.2) is 20.2 Å². The molecule has 1 aliphatic carbocycles. The number of nitrogens with zero attached hydrogens (tertiary/aromatic N) is 1. The minimum Gasteiger partial charge on any atom is -0.387 e. The van der Waals surface area contributed by atoms with Gasteiger partial charge in [-0.3, -0.25) is 4.98 Å². The smallest absolute Gasteiger partial charge is 0.0966 e. The summed E-state index contributed by atoms with van der Waals surface area (Å²) in [5.74, 6) is 0. The first kappa shape index (κ1) is 22.6. The number of aromatic nitrogens is 2. The number of benzene rings is 2. The number of aliphatic hydroxyl groups excluding tert-OH is 1. The molecule has 176 valence electrons. The van der Waals surface area contributed by atoms with Gasteiger partial charge in [-0.1, -0.05) is 24.3 Å². The zero-order valence-electron chi connectivity index (χ0n) is 20.2. The number of pyridine rings is 1. The van der Waals surface area contributed by atoms with Crippen LogP contribution in [0.2, 0.25) is 0 Å². The lowest BCUT2D eigenvalue weighted by Crippen LogP contribution is -2.15. The molecule has 0 bridgehead atoms. The fraction of sp³-hybridized carbons (Fsp3) is 0.345. The van der Waals surface area contributed by atoms with Gasteiger partial charge in [-0.2, -0.15) is 0 Å². The molecule has 0 aliphatic heterocycles. The molecule has 4 N–H and O–H groups in total. The largest absolute Gasteiger partial charge is 0.387 e. The number of nitrogens with one attached hydrogen (secondary N) is 2. The van der Waals surface area contributed by atoms with E-state index in [1.54, 1.807) is 6.20 Å². The van der Waals surface area contributed by atoms with Crippen LogP contribution in [0, 0.1) is 6.92 Å². The number of rotatable bonds is 7. The molecule has 2 heterocycles. The van der Waals surface area contributed by atoms with Crippen LogP contribution in [0.3, 0.4) is 0 Å². The number of para-hydroxylation sites is 1. The molecule has 5 nitrogen and oxygen atoms in total. The van der Waals surface area contributed by atoms with Gasteiger partial charge in [-0.25, -0.2) is 0 Å². The van der Waals surface area contributed by atoms with E-state index in [9.17, 15) is 10.2 Å². The Bertz CT molecular complexity index is 1330. The monoisotopic (exact) mass is 455 g/mol. The van der Waals surface area contributed by atoms with Gasteiger partial charge in [0.2, 0.25) is 0 Å². The summed E-state index contributed by atoms with van der Waals surface area (Å²) in [7, 11) is 0. The molecule has 1 atom stereocenters. The summed E-state index contributed by atoms with van der Waals surface area (Å²) in [5, 5.41) is 25.3. The second-order valence-electron chi connectivity index (χ2n) is 10.00. The van der Waals surface area contributed by atoms with Crippen molar-refractivity contribution in [1.29, 1.82) is 0 Å². The van der Waals surface area contributed by atoms with E-state index in [-0.39, 0.29) is 0 Å². The number of aromatic amines is 1. The molecule has 2 aromatic carbocycles. The van der Waals surface area contributed by atoms with Crippen LogP contribution in [0.25, 0.3) is 10.9 Å². The van der Waals surface area contributed by atoms with Crippen LogP contribution < -0.4 is 5.32 Å². The third-order valence-corrected chi connectivity index (χ3v) is 7.05.